The highest BCUT2D eigenvalue weighted by Gasteiger charge is 2.30. The van der Waals surface area contributed by atoms with Gasteiger partial charge >= 0.3 is 0 Å². The van der Waals surface area contributed by atoms with Crippen molar-refractivity contribution in [1.29, 1.82) is 0 Å². The maximum absolute atomic E-state index is 5.21. The summed E-state index contributed by atoms with van der Waals surface area (Å²) in [7, 11) is 0. The molecule has 0 bridgehead atoms. The molecule has 6 aromatic carbocycles. The molecule has 0 amide bonds. The molecule has 3 nitrogen and oxygen atoms in total. The summed E-state index contributed by atoms with van der Waals surface area (Å²) in [4.78, 5) is 10.2. The summed E-state index contributed by atoms with van der Waals surface area (Å²) < 4.78 is 0. The van der Waals surface area contributed by atoms with Gasteiger partial charge in [0, 0.05) is 45.1 Å². The van der Waals surface area contributed by atoms with Gasteiger partial charge in [0.15, 0.2) is 0 Å². The molecular formula is C41H31N3. The van der Waals surface area contributed by atoms with E-state index < -0.39 is 0 Å². The van der Waals surface area contributed by atoms with Gasteiger partial charge in [0.1, 0.15) is 0 Å². The molecule has 0 saturated heterocycles. The molecule has 0 fully saturated rings. The van der Waals surface area contributed by atoms with Crippen LogP contribution in [0.2, 0.25) is 0 Å². The summed E-state index contributed by atoms with van der Waals surface area (Å²) in [5.74, 6) is 0. The Morgan fingerprint density at radius 3 is 1.20 bits per heavy atom. The molecule has 44 heavy (non-hydrogen) atoms. The molecule has 0 N–H and O–H groups in total. The zero-order valence-corrected chi connectivity index (χ0v) is 24.4. The quantitative estimate of drug-likeness (QED) is 0.194. The highest BCUT2D eigenvalue weighted by Crippen LogP contribution is 2.53. The van der Waals surface area contributed by atoms with E-state index in [1.807, 2.05) is 6.20 Å². The summed E-state index contributed by atoms with van der Waals surface area (Å²) in [6, 6.07) is 48.9. The van der Waals surface area contributed by atoms with Gasteiger partial charge in [-0.2, -0.15) is 0 Å². The lowest BCUT2D eigenvalue weighted by molar-refractivity contribution is 0.977. The molecule has 1 aromatic heterocycles. The molecule has 2 aliphatic heterocycles. The molecule has 7 aromatic rings. The highest BCUT2D eigenvalue weighted by atomic mass is 15.2. The normalized spacial score (nSPS) is 13.9. The summed E-state index contributed by atoms with van der Waals surface area (Å²) in [6.45, 7) is 0. The minimum absolute atomic E-state index is 1.01. The average Bonchev–Trinajstić information content (AvgIpc) is 3.36. The van der Waals surface area contributed by atoms with Crippen molar-refractivity contribution in [3.05, 3.63) is 162 Å². The second-order valence-electron chi connectivity index (χ2n) is 11.8. The van der Waals surface area contributed by atoms with Crippen LogP contribution in [-0.4, -0.2) is 4.98 Å². The fourth-order valence-electron chi connectivity index (χ4n) is 7.46. The van der Waals surface area contributed by atoms with Crippen molar-refractivity contribution in [2.45, 2.75) is 25.7 Å². The van der Waals surface area contributed by atoms with Gasteiger partial charge in [-0.15, -0.1) is 0 Å². The van der Waals surface area contributed by atoms with E-state index in [0.717, 1.165) is 42.3 Å². The number of hydrogen-bond donors (Lipinski definition) is 0. The number of hydrogen-bond acceptors (Lipinski definition) is 3. The Kier molecular flexibility index (Phi) is 5.77. The van der Waals surface area contributed by atoms with Crippen LogP contribution in [0.25, 0.3) is 21.7 Å². The first-order valence-corrected chi connectivity index (χ1v) is 15.6. The lowest BCUT2D eigenvalue weighted by Gasteiger charge is -2.33. The number of nitrogens with zero attached hydrogens (tertiary/aromatic N) is 3. The zero-order chi connectivity index (χ0) is 29.0. The SMILES string of the molecule is c1ccc2c(c1)CCc1ccccc1N2c1c2ccccc2c(N2c3ccccc3CCc3ccccc32)c2ncccc12. The molecule has 210 valence electrons. The van der Waals surface area contributed by atoms with Crippen LogP contribution < -0.4 is 9.80 Å². The number of fused-ring (bicyclic) bond motifs is 6. The van der Waals surface area contributed by atoms with E-state index in [-0.39, 0.29) is 0 Å². The fourth-order valence-corrected chi connectivity index (χ4v) is 7.46. The topological polar surface area (TPSA) is 19.4 Å². The van der Waals surface area contributed by atoms with Crippen LogP contribution in [-0.2, 0) is 25.7 Å². The van der Waals surface area contributed by atoms with Gasteiger partial charge in [-0.1, -0.05) is 97.1 Å². The van der Waals surface area contributed by atoms with Gasteiger partial charge in [0.2, 0.25) is 0 Å². The molecule has 0 atom stereocenters. The fraction of sp³-hybridized carbons (Fsp3) is 0.0976. The molecular weight excluding hydrogens is 534 g/mol. The first kappa shape index (κ1) is 25.1. The minimum atomic E-state index is 1.01. The summed E-state index contributed by atoms with van der Waals surface area (Å²) in [5.41, 5.74) is 13.7. The van der Waals surface area contributed by atoms with Crippen LogP contribution in [0.15, 0.2) is 140 Å². The average molecular weight is 566 g/mol. The van der Waals surface area contributed by atoms with Gasteiger partial charge in [0.25, 0.3) is 0 Å². The number of aryl methyl sites for hydroxylation is 4. The van der Waals surface area contributed by atoms with E-state index in [1.165, 1.54) is 61.5 Å². The largest absolute Gasteiger partial charge is 0.309 e. The van der Waals surface area contributed by atoms with Crippen molar-refractivity contribution >= 4 is 55.8 Å². The Hall–Kier alpha value is -5.41. The van der Waals surface area contributed by atoms with Gasteiger partial charge in [-0.3, -0.25) is 4.98 Å². The number of aromatic nitrogens is 1. The van der Waals surface area contributed by atoms with Crippen LogP contribution in [0.4, 0.5) is 34.1 Å². The van der Waals surface area contributed by atoms with Crippen LogP contribution in [0.1, 0.15) is 22.3 Å². The maximum atomic E-state index is 5.21. The van der Waals surface area contributed by atoms with Crippen molar-refractivity contribution in [2.24, 2.45) is 0 Å². The van der Waals surface area contributed by atoms with E-state index in [0.29, 0.717) is 0 Å². The van der Waals surface area contributed by atoms with Crippen molar-refractivity contribution in [1.82, 2.24) is 4.98 Å². The van der Waals surface area contributed by atoms with E-state index in [2.05, 4.69) is 143 Å². The van der Waals surface area contributed by atoms with Crippen molar-refractivity contribution in [2.75, 3.05) is 9.80 Å². The van der Waals surface area contributed by atoms with Crippen LogP contribution >= 0.6 is 0 Å². The first-order valence-electron chi connectivity index (χ1n) is 15.6. The zero-order valence-electron chi connectivity index (χ0n) is 24.4. The third-order valence-electron chi connectivity index (χ3n) is 9.43. The predicted octanol–water partition coefficient (Wildman–Crippen LogP) is 10.5. The van der Waals surface area contributed by atoms with Gasteiger partial charge < -0.3 is 9.80 Å². The Bertz CT molecular complexity index is 1910. The molecule has 0 radical (unpaired) electrons. The number of benzene rings is 6. The Morgan fingerprint density at radius 2 is 0.727 bits per heavy atom. The summed E-state index contributed by atoms with van der Waals surface area (Å²) in [5, 5.41) is 3.56. The van der Waals surface area contributed by atoms with Gasteiger partial charge in [-0.25, -0.2) is 0 Å². The Morgan fingerprint density at radius 1 is 0.364 bits per heavy atom. The smallest absolute Gasteiger partial charge is 0.0970 e. The van der Waals surface area contributed by atoms with E-state index in [4.69, 9.17) is 4.98 Å². The maximum Gasteiger partial charge on any atom is 0.0970 e. The molecule has 0 spiro atoms. The molecule has 9 rings (SSSR count). The van der Waals surface area contributed by atoms with E-state index in [1.54, 1.807) is 0 Å². The van der Waals surface area contributed by atoms with Crippen molar-refractivity contribution in [3.8, 4) is 0 Å². The monoisotopic (exact) mass is 565 g/mol. The van der Waals surface area contributed by atoms with Crippen LogP contribution in [0, 0.1) is 0 Å². The third kappa shape index (κ3) is 3.79. The van der Waals surface area contributed by atoms with Crippen LogP contribution in [0.5, 0.6) is 0 Å². The van der Waals surface area contributed by atoms with E-state index in [9.17, 15) is 0 Å². The lowest BCUT2D eigenvalue weighted by atomic mass is 9.97. The summed E-state index contributed by atoms with van der Waals surface area (Å²) >= 11 is 0. The lowest BCUT2D eigenvalue weighted by Crippen LogP contribution is -2.16. The molecule has 0 aliphatic carbocycles. The number of rotatable bonds is 2. The standard InChI is InChI=1S/C41H31N3/c1-7-19-35-28(12-1)23-24-29-13-2-8-20-36(29)43(35)40-32-16-5-6-17-33(32)41(39-34(40)18-11-27-42-39)44-37-21-9-3-14-30(37)25-26-31-15-4-10-22-38(31)44/h1-22,27H,23-26H2. The Labute approximate surface area is 257 Å². The molecule has 2 aliphatic rings. The second-order valence-corrected chi connectivity index (χ2v) is 11.8. The van der Waals surface area contributed by atoms with Gasteiger partial charge in [0.05, 0.1) is 16.9 Å². The second kappa shape index (κ2) is 10.1. The molecule has 0 saturated carbocycles. The number of anilines is 6. The van der Waals surface area contributed by atoms with Crippen molar-refractivity contribution in [3.63, 3.8) is 0 Å². The minimum Gasteiger partial charge on any atom is -0.309 e. The van der Waals surface area contributed by atoms with E-state index >= 15 is 0 Å². The first-order chi connectivity index (χ1) is 21.9. The molecule has 3 heterocycles. The Balaban J connectivity index is 1.43. The molecule has 3 heteroatoms. The highest BCUT2D eigenvalue weighted by molar-refractivity contribution is 6.22. The van der Waals surface area contributed by atoms with Gasteiger partial charge in [-0.05, 0) is 84.3 Å². The number of pyridine rings is 1. The van der Waals surface area contributed by atoms with Crippen molar-refractivity contribution < 1.29 is 0 Å². The third-order valence-corrected chi connectivity index (χ3v) is 9.43. The number of para-hydroxylation sites is 4. The predicted molar refractivity (Wildman–Crippen MR) is 183 cm³/mol. The van der Waals surface area contributed by atoms with Crippen LogP contribution in [0.3, 0.4) is 0 Å². The summed E-state index contributed by atoms with van der Waals surface area (Å²) in [6.07, 6.45) is 5.98. The molecule has 0 unspecified atom stereocenters.